The van der Waals surface area contributed by atoms with Crippen LogP contribution >= 0.6 is 0 Å². The predicted octanol–water partition coefficient (Wildman–Crippen LogP) is -0.859. The van der Waals surface area contributed by atoms with Crippen LogP contribution < -0.4 is 0 Å². The van der Waals surface area contributed by atoms with Gasteiger partial charge in [0.1, 0.15) is 0 Å². The SMILES string of the molecule is [Na].[O]=[Os](=[O])(=[O])=[O]. The molecule has 0 amide bonds. The van der Waals surface area contributed by atoms with Crippen molar-refractivity contribution in [3.8, 4) is 0 Å². The van der Waals surface area contributed by atoms with Gasteiger partial charge in [0.15, 0.2) is 0 Å². The van der Waals surface area contributed by atoms with Crippen molar-refractivity contribution >= 4 is 29.6 Å². The molecule has 0 aliphatic rings. The summed E-state index contributed by atoms with van der Waals surface area (Å²) in [5, 5.41) is 0. The quantitative estimate of drug-likeness (QED) is 0.540. The average molecular weight is 277 g/mol. The van der Waals surface area contributed by atoms with Gasteiger partial charge in [-0.2, -0.15) is 0 Å². The van der Waals surface area contributed by atoms with Gasteiger partial charge in [-0.1, -0.05) is 0 Å². The molecule has 0 aliphatic heterocycles. The minimum absolute atomic E-state index is 0. The number of hydrogen-bond acceptors (Lipinski definition) is 4. The van der Waals surface area contributed by atoms with E-state index in [-0.39, 0.29) is 29.6 Å². The summed E-state index contributed by atoms with van der Waals surface area (Å²) >= 11 is -6.06. The third kappa shape index (κ3) is 102. The van der Waals surface area contributed by atoms with E-state index in [0.29, 0.717) is 0 Å². The third-order valence-electron chi connectivity index (χ3n) is 0. The Kier molecular flexibility index (Phi) is 4.85. The zero-order valence-electron chi connectivity index (χ0n) is 2.99. The van der Waals surface area contributed by atoms with Gasteiger partial charge >= 0.3 is 29.0 Å². The summed E-state index contributed by atoms with van der Waals surface area (Å²) in [4.78, 5) is 0. The standard InChI is InChI=1S/Na.4O.Os. The molecule has 0 saturated heterocycles. The normalized spacial score (nSPS) is 9.33. The van der Waals surface area contributed by atoms with Crippen LogP contribution in [-0.4, -0.2) is 29.6 Å². The molecule has 0 aromatic rings. The van der Waals surface area contributed by atoms with Crippen LogP contribution in [0, 0.1) is 0 Å². The third-order valence-corrected chi connectivity index (χ3v) is 0. The second kappa shape index (κ2) is 2.92. The van der Waals surface area contributed by atoms with Gasteiger partial charge in [0.2, 0.25) is 0 Å². The summed E-state index contributed by atoms with van der Waals surface area (Å²) in [5.74, 6) is 0. The Balaban J connectivity index is 0. The first kappa shape index (κ1) is 9.96. The molecule has 0 aromatic heterocycles. The Morgan fingerprint density at radius 3 is 0.833 bits per heavy atom. The first-order chi connectivity index (χ1) is 2.00. The van der Waals surface area contributed by atoms with Crippen molar-refractivity contribution in [1.29, 1.82) is 0 Å². The summed E-state index contributed by atoms with van der Waals surface area (Å²) in [5.41, 5.74) is 0. The number of rotatable bonds is 0. The van der Waals surface area contributed by atoms with Crippen LogP contribution in [0.25, 0.3) is 0 Å². The molecule has 0 aromatic carbocycles. The summed E-state index contributed by atoms with van der Waals surface area (Å²) in [6, 6.07) is 0. The maximum absolute atomic E-state index is 8.63. The molecule has 0 rings (SSSR count). The van der Waals surface area contributed by atoms with Crippen molar-refractivity contribution in [1.82, 2.24) is 0 Å². The molecule has 4 nitrogen and oxygen atoms in total. The van der Waals surface area contributed by atoms with Crippen molar-refractivity contribution in [2.24, 2.45) is 0 Å². The van der Waals surface area contributed by atoms with E-state index in [1.54, 1.807) is 0 Å². The fraction of sp³-hybridized carbons (Fsp3) is 0. The van der Waals surface area contributed by atoms with E-state index in [9.17, 15) is 0 Å². The van der Waals surface area contributed by atoms with Gasteiger partial charge in [0.25, 0.3) is 0 Å². The van der Waals surface area contributed by atoms with E-state index in [2.05, 4.69) is 0 Å². The van der Waals surface area contributed by atoms with Crippen molar-refractivity contribution in [3.05, 3.63) is 0 Å². The maximum atomic E-state index is 8.63. The van der Waals surface area contributed by atoms with Crippen LogP contribution in [0.4, 0.5) is 0 Å². The van der Waals surface area contributed by atoms with Crippen LogP contribution in [0.2, 0.25) is 0 Å². The van der Waals surface area contributed by atoms with E-state index >= 15 is 0 Å². The van der Waals surface area contributed by atoms with E-state index in [1.807, 2.05) is 0 Å². The molecule has 0 fully saturated rings. The van der Waals surface area contributed by atoms with Crippen LogP contribution in [0.15, 0.2) is 0 Å². The molecule has 0 N–H and O–H groups in total. The van der Waals surface area contributed by atoms with Crippen molar-refractivity contribution in [2.75, 3.05) is 0 Å². The molecular weight excluding hydrogens is 277 g/mol. The molecule has 0 heterocycles. The van der Waals surface area contributed by atoms with Gasteiger partial charge in [-0.3, -0.25) is 0 Å². The second-order valence-electron chi connectivity index (χ2n) is 0.354. The minimum atomic E-state index is -6.06. The molecule has 0 bridgehead atoms. The summed E-state index contributed by atoms with van der Waals surface area (Å²) in [7, 11) is 0. The van der Waals surface area contributed by atoms with Crippen molar-refractivity contribution in [3.63, 3.8) is 0 Å². The predicted molar refractivity (Wildman–Crippen MR) is 8.50 cm³/mol. The van der Waals surface area contributed by atoms with Crippen LogP contribution in [0.3, 0.4) is 0 Å². The summed E-state index contributed by atoms with van der Waals surface area (Å²) in [6.07, 6.45) is 0. The molecule has 0 aliphatic carbocycles. The van der Waals surface area contributed by atoms with Crippen LogP contribution in [0.1, 0.15) is 0 Å². The van der Waals surface area contributed by atoms with Gasteiger partial charge in [-0.05, 0) is 0 Å². The molecule has 0 saturated carbocycles. The molecule has 1 radical (unpaired) electrons. The Morgan fingerprint density at radius 2 is 0.833 bits per heavy atom. The van der Waals surface area contributed by atoms with Gasteiger partial charge in [0, 0.05) is 29.6 Å². The van der Waals surface area contributed by atoms with E-state index in [4.69, 9.17) is 14.2 Å². The van der Waals surface area contributed by atoms with E-state index in [1.165, 1.54) is 0 Å². The van der Waals surface area contributed by atoms with Gasteiger partial charge in [-0.15, -0.1) is 0 Å². The van der Waals surface area contributed by atoms with Gasteiger partial charge in [0.05, 0.1) is 0 Å². The fourth-order valence-corrected chi connectivity index (χ4v) is 0. The fourth-order valence-electron chi connectivity index (χ4n) is 0. The summed E-state index contributed by atoms with van der Waals surface area (Å²) < 4.78 is 34.5. The van der Waals surface area contributed by atoms with Crippen LogP contribution in [-0.2, 0) is 29.0 Å². The zero-order chi connectivity index (χ0) is 4.50. The Labute approximate surface area is 58.2 Å². The first-order valence-corrected chi connectivity index (χ1v) is 4.73. The van der Waals surface area contributed by atoms with E-state index in [0.717, 1.165) is 0 Å². The van der Waals surface area contributed by atoms with Crippen molar-refractivity contribution < 1.29 is 29.0 Å². The molecule has 0 spiro atoms. The average Bonchev–Trinajstić information content (AvgIpc) is 0.722. The van der Waals surface area contributed by atoms with E-state index < -0.39 is 14.8 Å². The van der Waals surface area contributed by atoms with Gasteiger partial charge < -0.3 is 0 Å². The molecule has 33 valence electrons. The summed E-state index contributed by atoms with van der Waals surface area (Å²) in [6.45, 7) is 0. The Bertz CT molecular complexity index is 159. The molecule has 6 heteroatoms. The monoisotopic (exact) mass is 279 g/mol. The Hall–Kier alpha value is 0.836. The van der Waals surface area contributed by atoms with Gasteiger partial charge in [-0.25, -0.2) is 0 Å². The number of hydrogen-bond donors (Lipinski definition) is 0. The molecule has 6 heavy (non-hydrogen) atoms. The molecule has 0 atom stereocenters. The Morgan fingerprint density at radius 1 is 0.833 bits per heavy atom. The second-order valence-corrected chi connectivity index (χ2v) is 2.89. The van der Waals surface area contributed by atoms with Crippen molar-refractivity contribution in [2.45, 2.75) is 0 Å². The molecule has 0 unspecified atom stereocenters. The zero-order valence-corrected chi connectivity index (χ0v) is 7.53. The van der Waals surface area contributed by atoms with Crippen LogP contribution in [0.5, 0.6) is 0 Å². The first-order valence-electron chi connectivity index (χ1n) is 0.577. The topological polar surface area (TPSA) is 68.3 Å². The molecular formula is NaO4Os.